The monoisotopic (exact) mass is 301 g/mol. The van der Waals surface area contributed by atoms with Crippen molar-refractivity contribution in [3.63, 3.8) is 0 Å². The first-order valence-corrected chi connectivity index (χ1v) is 6.81. The standard InChI is InChI=1S/C12H20BrN3O/c1-6-17-11-7-10(14-9(2)15-11)16(5)12(3,4)8-13/h7H,6,8H2,1-5H3. The van der Waals surface area contributed by atoms with Crippen LogP contribution in [-0.2, 0) is 0 Å². The van der Waals surface area contributed by atoms with Crippen LogP contribution >= 0.6 is 15.9 Å². The second-order valence-electron chi connectivity index (χ2n) is 4.55. The Morgan fingerprint density at radius 2 is 2.06 bits per heavy atom. The molecular weight excluding hydrogens is 282 g/mol. The predicted molar refractivity (Wildman–Crippen MR) is 74.2 cm³/mol. The van der Waals surface area contributed by atoms with E-state index < -0.39 is 0 Å². The molecular formula is C12H20BrN3O. The average Bonchev–Trinajstić information content (AvgIpc) is 2.27. The van der Waals surface area contributed by atoms with Gasteiger partial charge < -0.3 is 9.64 Å². The lowest BCUT2D eigenvalue weighted by molar-refractivity contribution is 0.325. The largest absolute Gasteiger partial charge is 0.478 e. The van der Waals surface area contributed by atoms with E-state index in [1.807, 2.05) is 27.0 Å². The third-order valence-corrected chi connectivity index (χ3v) is 4.04. The number of hydrogen-bond acceptors (Lipinski definition) is 4. The maximum Gasteiger partial charge on any atom is 0.218 e. The van der Waals surface area contributed by atoms with E-state index in [-0.39, 0.29) is 5.54 Å². The maximum atomic E-state index is 5.43. The topological polar surface area (TPSA) is 38.2 Å². The highest BCUT2D eigenvalue weighted by atomic mass is 79.9. The lowest BCUT2D eigenvalue weighted by atomic mass is 10.1. The zero-order valence-electron chi connectivity index (χ0n) is 11.1. The summed E-state index contributed by atoms with van der Waals surface area (Å²) in [6.45, 7) is 8.74. The Morgan fingerprint density at radius 3 is 2.59 bits per heavy atom. The van der Waals surface area contributed by atoms with Gasteiger partial charge in [-0.3, -0.25) is 0 Å². The van der Waals surface area contributed by atoms with Crippen LogP contribution in [0.4, 0.5) is 5.82 Å². The molecule has 4 nitrogen and oxygen atoms in total. The van der Waals surface area contributed by atoms with E-state index in [1.165, 1.54) is 0 Å². The van der Waals surface area contributed by atoms with Gasteiger partial charge in [0, 0.05) is 24.0 Å². The molecule has 0 aliphatic rings. The van der Waals surface area contributed by atoms with Crippen LogP contribution in [0.25, 0.3) is 0 Å². The summed E-state index contributed by atoms with van der Waals surface area (Å²) in [6, 6.07) is 1.88. The molecule has 0 bridgehead atoms. The number of halogens is 1. The van der Waals surface area contributed by atoms with Gasteiger partial charge >= 0.3 is 0 Å². The van der Waals surface area contributed by atoms with Crippen molar-refractivity contribution in [3.05, 3.63) is 11.9 Å². The predicted octanol–water partition coefficient (Wildman–Crippen LogP) is 2.79. The van der Waals surface area contributed by atoms with Gasteiger partial charge in [-0.1, -0.05) is 15.9 Å². The number of aromatic nitrogens is 2. The third kappa shape index (κ3) is 3.56. The minimum atomic E-state index is -0.00964. The van der Waals surface area contributed by atoms with Crippen molar-refractivity contribution in [3.8, 4) is 5.88 Å². The maximum absolute atomic E-state index is 5.43. The average molecular weight is 302 g/mol. The molecule has 1 heterocycles. The molecule has 0 atom stereocenters. The summed E-state index contributed by atoms with van der Waals surface area (Å²) in [7, 11) is 2.03. The van der Waals surface area contributed by atoms with Crippen molar-refractivity contribution >= 4 is 21.7 Å². The summed E-state index contributed by atoms with van der Waals surface area (Å²) in [6.07, 6.45) is 0. The Morgan fingerprint density at radius 1 is 1.41 bits per heavy atom. The smallest absolute Gasteiger partial charge is 0.218 e. The Balaban J connectivity index is 3.05. The fourth-order valence-corrected chi connectivity index (χ4v) is 1.69. The molecule has 0 aromatic carbocycles. The number of hydrogen-bond donors (Lipinski definition) is 0. The Hall–Kier alpha value is -0.840. The summed E-state index contributed by atoms with van der Waals surface area (Å²) >= 11 is 3.52. The first-order valence-electron chi connectivity index (χ1n) is 5.69. The minimum Gasteiger partial charge on any atom is -0.478 e. The van der Waals surface area contributed by atoms with Gasteiger partial charge in [-0.05, 0) is 27.7 Å². The molecule has 1 rings (SSSR count). The van der Waals surface area contributed by atoms with Crippen molar-refractivity contribution in [2.24, 2.45) is 0 Å². The lowest BCUT2D eigenvalue weighted by Crippen LogP contribution is -2.43. The van der Waals surface area contributed by atoms with E-state index in [9.17, 15) is 0 Å². The zero-order valence-corrected chi connectivity index (χ0v) is 12.7. The van der Waals surface area contributed by atoms with Crippen molar-refractivity contribution < 1.29 is 4.74 Å². The fraction of sp³-hybridized carbons (Fsp3) is 0.667. The SMILES string of the molecule is CCOc1cc(N(C)C(C)(C)CBr)nc(C)n1. The van der Waals surface area contributed by atoms with Crippen molar-refractivity contribution in [2.45, 2.75) is 33.2 Å². The van der Waals surface area contributed by atoms with Crippen LogP contribution < -0.4 is 9.64 Å². The Labute approximate surface area is 112 Å². The molecule has 0 radical (unpaired) electrons. The van der Waals surface area contributed by atoms with Gasteiger partial charge in [0.25, 0.3) is 0 Å². The quantitative estimate of drug-likeness (QED) is 0.784. The highest BCUT2D eigenvalue weighted by Gasteiger charge is 2.24. The molecule has 0 N–H and O–H groups in total. The Bertz CT molecular complexity index is 382. The van der Waals surface area contributed by atoms with E-state index in [1.54, 1.807) is 0 Å². The Kier molecular flexibility index (Phi) is 4.74. The van der Waals surface area contributed by atoms with Gasteiger partial charge in [0.1, 0.15) is 11.6 Å². The summed E-state index contributed by atoms with van der Waals surface area (Å²) in [5.41, 5.74) is -0.00964. The second kappa shape index (κ2) is 5.67. The first kappa shape index (κ1) is 14.2. The van der Waals surface area contributed by atoms with Crippen LogP contribution in [0.5, 0.6) is 5.88 Å². The van der Waals surface area contributed by atoms with Gasteiger partial charge in [-0.15, -0.1) is 0 Å². The number of rotatable bonds is 5. The molecule has 0 aliphatic carbocycles. The fourth-order valence-electron chi connectivity index (χ4n) is 1.32. The molecule has 0 saturated carbocycles. The van der Waals surface area contributed by atoms with Gasteiger partial charge in [0.15, 0.2) is 0 Å². The van der Waals surface area contributed by atoms with E-state index in [2.05, 4.69) is 44.6 Å². The number of aryl methyl sites for hydroxylation is 1. The molecule has 0 fully saturated rings. The molecule has 0 amide bonds. The summed E-state index contributed by atoms with van der Waals surface area (Å²) in [5.74, 6) is 2.24. The highest BCUT2D eigenvalue weighted by Crippen LogP contribution is 2.24. The first-order chi connectivity index (χ1) is 7.90. The lowest BCUT2D eigenvalue weighted by Gasteiger charge is -2.35. The molecule has 17 heavy (non-hydrogen) atoms. The van der Waals surface area contributed by atoms with Gasteiger partial charge in [0.05, 0.1) is 6.61 Å². The van der Waals surface area contributed by atoms with Crippen LogP contribution in [0.2, 0.25) is 0 Å². The van der Waals surface area contributed by atoms with E-state index >= 15 is 0 Å². The van der Waals surface area contributed by atoms with Gasteiger partial charge in [0.2, 0.25) is 5.88 Å². The van der Waals surface area contributed by atoms with Crippen LogP contribution in [0, 0.1) is 6.92 Å². The number of anilines is 1. The molecule has 0 aliphatic heterocycles. The normalized spacial score (nSPS) is 11.4. The summed E-state index contributed by atoms with van der Waals surface area (Å²) in [4.78, 5) is 10.8. The van der Waals surface area contributed by atoms with Crippen LogP contribution in [-0.4, -0.2) is 34.5 Å². The number of alkyl halides is 1. The van der Waals surface area contributed by atoms with Gasteiger partial charge in [-0.2, -0.15) is 4.98 Å². The van der Waals surface area contributed by atoms with E-state index in [0.717, 1.165) is 17.0 Å². The molecule has 0 spiro atoms. The molecule has 0 saturated heterocycles. The number of nitrogens with zero attached hydrogens (tertiary/aromatic N) is 3. The second-order valence-corrected chi connectivity index (χ2v) is 5.11. The van der Waals surface area contributed by atoms with E-state index in [4.69, 9.17) is 4.74 Å². The molecule has 0 unspecified atom stereocenters. The molecule has 96 valence electrons. The highest BCUT2D eigenvalue weighted by molar-refractivity contribution is 9.09. The van der Waals surface area contributed by atoms with Crippen LogP contribution in [0.15, 0.2) is 6.07 Å². The van der Waals surface area contributed by atoms with Crippen molar-refractivity contribution in [1.29, 1.82) is 0 Å². The zero-order chi connectivity index (χ0) is 13.1. The van der Waals surface area contributed by atoms with Crippen molar-refractivity contribution in [2.75, 3.05) is 23.9 Å². The molecule has 5 heteroatoms. The third-order valence-electron chi connectivity index (χ3n) is 2.67. The van der Waals surface area contributed by atoms with Gasteiger partial charge in [-0.25, -0.2) is 4.98 Å². The molecule has 1 aromatic rings. The van der Waals surface area contributed by atoms with E-state index in [0.29, 0.717) is 12.5 Å². The van der Waals surface area contributed by atoms with Crippen molar-refractivity contribution in [1.82, 2.24) is 9.97 Å². The summed E-state index contributed by atoms with van der Waals surface area (Å²) < 4.78 is 5.43. The van der Waals surface area contributed by atoms with Crippen LogP contribution in [0.3, 0.4) is 0 Å². The number of ether oxygens (including phenoxy) is 1. The van der Waals surface area contributed by atoms with Crippen LogP contribution in [0.1, 0.15) is 26.6 Å². The summed E-state index contributed by atoms with van der Waals surface area (Å²) in [5, 5.41) is 0.865. The molecule has 1 aromatic heterocycles. The minimum absolute atomic E-state index is 0.00964.